The monoisotopic (exact) mass is 443 g/mol. The van der Waals surface area contributed by atoms with E-state index in [1.165, 1.54) is 30.5 Å². The summed E-state index contributed by atoms with van der Waals surface area (Å²) in [5, 5.41) is 12.4. The summed E-state index contributed by atoms with van der Waals surface area (Å²) in [5.41, 5.74) is 3.25. The molecule has 0 spiro atoms. The van der Waals surface area contributed by atoms with E-state index >= 15 is 0 Å². The second-order valence-electron chi connectivity index (χ2n) is 7.21. The lowest BCUT2D eigenvalue weighted by atomic mass is 10.2. The fourth-order valence-electron chi connectivity index (χ4n) is 3.24. The van der Waals surface area contributed by atoms with Crippen LogP contribution in [0.15, 0.2) is 34.9 Å². The molecule has 0 radical (unpaired) electrons. The number of hydrogen-bond acceptors (Lipinski definition) is 5. The van der Waals surface area contributed by atoms with Gasteiger partial charge in [0.05, 0.1) is 36.4 Å². The number of urea groups is 1. The highest BCUT2D eigenvalue weighted by atomic mass is 19.1. The highest BCUT2D eigenvalue weighted by Crippen LogP contribution is 2.21. The Kier molecular flexibility index (Phi) is 7.26. The number of aryl methyl sites for hydroxylation is 2. The molecule has 10 heteroatoms. The lowest BCUT2D eigenvalue weighted by Crippen LogP contribution is -2.28. The van der Waals surface area contributed by atoms with Crippen molar-refractivity contribution in [3.8, 4) is 0 Å². The van der Waals surface area contributed by atoms with Gasteiger partial charge in [-0.1, -0.05) is 0 Å². The number of anilines is 2. The average Bonchev–Trinajstić information content (AvgIpc) is 3.30. The second kappa shape index (κ2) is 10.1. The molecule has 2 aromatic heterocycles. The lowest BCUT2D eigenvalue weighted by molar-refractivity contribution is 0.102. The number of nitrogens with zero attached hydrogens (tertiary/aromatic N) is 2. The van der Waals surface area contributed by atoms with Gasteiger partial charge in [-0.25, -0.2) is 9.18 Å². The van der Waals surface area contributed by atoms with Gasteiger partial charge in [-0.2, -0.15) is 5.10 Å². The summed E-state index contributed by atoms with van der Waals surface area (Å²) >= 11 is 0. The van der Waals surface area contributed by atoms with Crippen molar-refractivity contribution in [1.82, 2.24) is 15.1 Å². The minimum Gasteiger partial charge on any atom is -0.469 e. The molecule has 3 rings (SSSR count). The number of benzene rings is 1. The first-order valence-electron chi connectivity index (χ1n) is 10.0. The van der Waals surface area contributed by atoms with Crippen LogP contribution in [-0.4, -0.2) is 35.4 Å². The van der Waals surface area contributed by atoms with Crippen LogP contribution in [0.4, 0.5) is 20.6 Å². The van der Waals surface area contributed by atoms with Gasteiger partial charge in [-0.15, -0.1) is 0 Å². The Balaban J connectivity index is 1.62. The molecule has 0 aliphatic carbocycles. The number of amides is 3. The fraction of sp³-hybridized carbons (Fsp3) is 0.318. The zero-order valence-corrected chi connectivity index (χ0v) is 18.4. The Labute approximate surface area is 184 Å². The molecular formula is C22H26FN5O4. The first-order chi connectivity index (χ1) is 15.3. The average molecular weight is 443 g/mol. The van der Waals surface area contributed by atoms with Crippen molar-refractivity contribution >= 4 is 23.3 Å². The minimum absolute atomic E-state index is 0.0560. The number of carbonyl (C=O) groups is 2. The van der Waals surface area contributed by atoms with Gasteiger partial charge in [0.25, 0.3) is 5.91 Å². The topological polar surface area (TPSA) is 110 Å². The van der Waals surface area contributed by atoms with Gasteiger partial charge in [0.2, 0.25) is 0 Å². The maximum atomic E-state index is 14.2. The van der Waals surface area contributed by atoms with Crippen LogP contribution >= 0.6 is 0 Å². The summed E-state index contributed by atoms with van der Waals surface area (Å²) in [6.07, 6.45) is 1.38. The standard InChI is InChI=1S/C22H26FN5O4/c1-13-18(14(2)28(27-13)8-10-31-4)12-24-22(30)25-16-5-6-19(23)20(11-16)26-21(29)17-7-9-32-15(17)3/h5-7,9,11H,8,10,12H2,1-4H3,(H,26,29)(H2,24,25,30). The maximum Gasteiger partial charge on any atom is 0.319 e. The zero-order valence-electron chi connectivity index (χ0n) is 18.4. The predicted molar refractivity (Wildman–Crippen MR) is 117 cm³/mol. The van der Waals surface area contributed by atoms with E-state index < -0.39 is 17.8 Å². The number of methoxy groups -OCH3 is 1. The van der Waals surface area contributed by atoms with Crippen LogP contribution in [-0.2, 0) is 17.8 Å². The quantitative estimate of drug-likeness (QED) is 0.491. The van der Waals surface area contributed by atoms with E-state index in [0.29, 0.717) is 30.2 Å². The van der Waals surface area contributed by atoms with Crippen molar-refractivity contribution in [2.45, 2.75) is 33.9 Å². The number of rotatable bonds is 8. The number of aromatic nitrogens is 2. The third-order valence-electron chi connectivity index (χ3n) is 5.04. The van der Waals surface area contributed by atoms with Crippen molar-refractivity contribution in [2.75, 3.05) is 24.4 Å². The van der Waals surface area contributed by atoms with Crippen molar-refractivity contribution < 1.29 is 23.1 Å². The summed E-state index contributed by atoms with van der Waals surface area (Å²) < 4.78 is 26.2. The summed E-state index contributed by atoms with van der Waals surface area (Å²) in [6, 6.07) is 4.96. The van der Waals surface area contributed by atoms with Crippen LogP contribution in [0.3, 0.4) is 0 Å². The van der Waals surface area contributed by atoms with E-state index in [1.54, 1.807) is 14.0 Å². The Hall–Kier alpha value is -3.66. The molecule has 0 fully saturated rings. The van der Waals surface area contributed by atoms with Crippen molar-refractivity contribution in [2.24, 2.45) is 0 Å². The number of halogens is 1. The lowest BCUT2D eigenvalue weighted by Gasteiger charge is -2.11. The van der Waals surface area contributed by atoms with Gasteiger partial charge in [-0.3, -0.25) is 9.48 Å². The fourth-order valence-corrected chi connectivity index (χ4v) is 3.24. The molecule has 3 aromatic rings. The van der Waals surface area contributed by atoms with Gasteiger partial charge in [0.1, 0.15) is 11.6 Å². The summed E-state index contributed by atoms with van der Waals surface area (Å²) in [6.45, 7) is 6.89. The molecule has 0 saturated carbocycles. The van der Waals surface area contributed by atoms with E-state index in [-0.39, 0.29) is 12.2 Å². The molecular weight excluding hydrogens is 417 g/mol. The molecule has 0 unspecified atom stereocenters. The maximum absolute atomic E-state index is 14.2. The first kappa shape index (κ1) is 23.0. The van der Waals surface area contributed by atoms with Crippen molar-refractivity contribution in [3.05, 3.63) is 64.6 Å². The van der Waals surface area contributed by atoms with Crippen LogP contribution in [0.5, 0.6) is 0 Å². The molecule has 0 bridgehead atoms. The van der Waals surface area contributed by atoms with Crippen LogP contribution in [0.2, 0.25) is 0 Å². The smallest absolute Gasteiger partial charge is 0.319 e. The molecule has 0 saturated heterocycles. The molecule has 3 N–H and O–H groups in total. The normalized spacial score (nSPS) is 10.8. The van der Waals surface area contributed by atoms with E-state index in [2.05, 4.69) is 21.0 Å². The molecule has 170 valence electrons. The van der Waals surface area contributed by atoms with E-state index in [1.807, 2.05) is 18.5 Å². The number of furan rings is 1. The number of hydrogen-bond donors (Lipinski definition) is 3. The van der Waals surface area contributed by atoms with Gasteiger partial charge >= 0.3 is 6.03 Å². The first-order valence-corrected chi connectivity index (χ1v) is 10.0. The van der Waals surface area contributed by atoms with Gasteiger partial charge in [0.15, 0.2) is 0 Å². The third-order valence-corrected chi connectivity index (χ3v) is 5.04. The SMILES string of the molecule is COCCn1nc(C)c(CNC(=O)Nc2ccc(F)c(NC(=O)c3ccoc3C)c2)c1C. The summed E-state index contributed by atoms with van der Waals surface area (Å²) in [4.78, 5) is 24.7. The van der Waals surface area contributed by atoms with Gasteiger partial charge in [-0.05, 0) is 45.0 Å². The molecule has 0 atom stereocenters. The molecule has 9 nitrogen and oxygen atoms in total. The van der Waals surface area contributed by atoms with Crippen molar-refractivity contribution in [1.29, 1.82) is 0 Å². The van der Waals surface area contributed by atoms with Crippen LogP contribution in [0, 0.1) is 26.6 Å². The minimum atomic E-state index is -0.625. The summed E-state index contributed by atoms with van der Waals surface area (Å²) in [7, 11) is 1.63. The van der Waals surface area contributed by atoms with Crippen LogP contribution < -0.4 is 16.0 Å². The van der Waals surface area contributed by atoms with E-state index in [9.17, 15) is 14.0 Å². The number of ether oxygens (including phenoxy) is 1. The molecule has 2 heterocycles. The molecule has 32 heavy (non-hydrogen) atoms. The van der Waals surface area contributed by atoms with Gasteiger partial charge < -0.3 is 25.1 Å². The summed E-state index contributed by atoms with van der Waals surface area (Å²) in [5.74, 6) is -0.707. The molecule has 0 aliphatic rings. The van der Waals surface area contributed by atoms with E-state index in [0.717, 1.165) is 17.0 Å². The Morgan fingerprint density at radius 3 is 2.66 bits per heavy atom. The van der Waals surface area contributed by atoms with Gasteiger partial charge in [0, 0.05) is 30.6 Å². The predicted octanol–water partition coefficient (Wildman–Crippen LogP) is 3.76. The molecule has 3 amide bonds. The Morgan fingerprint density at radius 1 is 1.19 bits per heavy atom. The molecule has 1 aromatic carbocycles. The third kappa shape index (κ3) is 5.33. The van der Waals surface area contributed by atoms with Crippen LogP contribution in [0.25, 0.3) is 0 Å². The van der Waals surface area contributed by atoms with Crippen molar-refractivity contribution in [3.63, 3.8) is 0 Å². The largest absolute Gasteiger partial charge is 0.469 e. The highest BCUT2D eigenvalue weighted by molar-refractivity contribution is 6.05. The van der Waals surface area contributed by atoms with Crippen LogP contribution in [0.1, 0.15) is 33.1 Å². The highest BCUT2D eigenvalue weighted by Gasteiger charge is 2.15. The van der Waals surface area contributed by atoms with E-state index in [4.69, 9.17) is 9.15 Å². The molecule has 0 aliphatic heterocycles. The second-order valence-corrected chi connectivity index (χ2v) is 7.21. The Bertz CT molecular complexity index is 1120. The number of carbonyl (C=O) groups excluding carboxylic acids is 2. The zero-order chi connectivity index (χ0) is 23.3. The number of nitrogens with one attached hydrogen (secondary N) is 3. The Morgan fingerprint density at radius 2 is 1.97 bits per heavy atom.